The zero-order valence-electron chi connectivity index (χ0n) is 10.2. The van der Waals surface area contributed by atoms with E-state index in [0.29, 0.717) is 12.1 Å². The lowest BCUT2D eigenvalue weighted by atomic mass is 10.1. The zero-order valence-corrected chi connectivity index (χ0v) is 10.2. The molecule has 0 aromatic heterocycles. The van der Waals surface area contributed by atoms with Crippen molar-refractivity contribution in [2.45, 2.75) is 19.9 Å². The van der Waals surface area contributed by atoms with Crippen LogP contribution < -0.4 is 5.32 Å². The van der Waals surface area contributed by atoms with Gasteiger partial charge in [0.2, 0.25) is 0 Å². The van der Waals surface area contributed by atoms with Gasteiger partial charge in [-0.05, 0) is 18.6 Å². The molecule has 0 heterocycles. The molecule has 1 rings (SSSR count). The van der Waals surface area contributed by atoms with E-state index in [1.165, 1.54) is 7.11 Å². The van der Waals surface area contributed by atoms with Gasteiger partial charge in [0.25, 0.3) is 0 Å². The number of carbonyl (C=O) groups is 1. The Morgan fingerprint density at radius 3 is 2.88 bits per heavy atom. The lowest BCUT2D eigenvalue weighted by molar-refractivity contribution is 0.0599. The van der Waals surface area contributed by atoms with E-state index in [0.717, 1.165) is 18.5 Å². The maximum atomic E-state index is 11.5. The maximum absolute atomic E-state index is 11.5. The van der Waals surface area contributed by atoms with Gasteiger partial charge in [-0.3, -0.25) is 0 Å². The molecule has 0 saturated heterocycles. The van der Waals surface area contributed by atoms with Gasteiger partial charge in [-0.2, -0.15) is 0 Å². The van der Waals surface area contributed by atoms with Crippen LogP contribution in [-0.4, -0.2) is 19.6 Å². The highest BCUT2D eigenvalue weighted by Gasteiger charge is 2.09. The molecule has 90 valence electrons. The Morgan fingerprint density at radius 1 is 1.41 bits per heavy atom. The molecule has 0 spiro atoms. The number of esters is 1. The van der Waals surface area contributed by atoms with Gasteiger partial charge in [0.1, 0.15) is 0 Å². The van der Waals surface area contributed by atoms with E-state index in [9.17, 15) is 4.79 Å². The van der Waals surface area contributed by atoms with Gasteiger partial charge in [0.05, 0.1) is 12.7 Å². The molecule has 0 aliphatic heterocycles. The first-order valence-electron chi connectivity index (χ1n) is 5.56. The predicted molar refractivity (Wildman–Crippen MR) is 67.6 cm³/mol. The zero-order chi connectivity index (χ0) is 12.5. The lowest BCUT2D eigenvalue weighted by Crippen LogP contribution is -2.17. The number of rotatable bonds is 5. The van der Waals surface area contributed by atoms with E-state index >= 15 is 0 Å². The molecule has 0 saturated carbocycles. The fraction of sp³-hybridized carbons (Fsp3) is 0.357. The molecule has 3 heteroatoms. The molecule has 1 aromatic carbocycles. The molecule has 1 aromatic rings. The van der Waals surface area contributed by atoms with Crippen LogP contribution in [0.25, 0.3) is 0 Å². The van der Waals surface area contributed by atoms with Crippen LogP contribution >= 0.6 is 0 Å². The van der Waals surface area contributed by atoms with E-state index in [-0.39, 0.29) is 5.97 Å². The summed E-state index contributed by atoms with van der Waals surface area (Å²) in [7, 11) is 1.39. The topological polar surface area (TPSA) is 38.3 Å². The third-order valence-electron chi connectivity index (χ3n) is 2.34. The van der Waals surface area contributed by atoms with Crippen molar-refractivity contribution >= 4 is 5.97 Å². The van der Waals surface area contributed by atoms with Crippen LogP contribution in [0.2, 0.25) is 0 Å². The van der Waals surface area contributed by atoms with Crippen LogP contribution in [0.3, 0.4) is 0 Å². The fourth-order valence-electron chi connectivity index (χ4n) is 1.48. The standard InChI is InChI=1S/C14H17NO2/c1-3-4-7-10-15-11-12-8-5-6-9-13(12)14(16)17-2/h5-6,8-9,15H,7,10-11H2,1-2H3. The Labute approximate surface area is 102 Å². The summed E-state index contributed by atoms with van der Waals surface area (Å²) in [5, 5.41) is 3.25. The normalized spacial score (nSPS) is 9.29. The summed E-state index contributed by atoms with van der Waals surface area (Å²) in [6.45, 7) is 3.29. The highest BCUT2D eigenvalue weighted by Crippen LogP contribution is 2.09. The number of hydrogen-bond donors (Lipinski definition) is 1. The van der Waals surface area contributed by atoms with Crippen LogP contribution in [0, 0.1) is 11.8 Å². The average Bonchev–Trinajstić information content (AvgIpc) is 2.38. The van der Waals surface area contributed by atoms with Gasteiger partial charge in [0, 0.05) is 19.5 Å². The summed E-state index contributed by atoms with van der Waals surface area (Å²) < 4.78 is 4.73. The second-order valence-electron chi connectivity index (χ2n) is 3.50. The first kappa shape index (κ1) is 13.3. The van der Waals surface area contributed by atoms with E-state index in [4.69, 9.17) is 4.74 Å². The second-order valence-corrected chi connectivity index (χ2v) is 3.50. The molecule has 3 nitrogen and oxygen atoms in total. The smallest absolute Gasteiger partial charge is 0.338 e. The molecule has 0 radical (unpaired) electrons. The summed E-state index contributed by atoms with van der Waals surface area (Å²) in [6, 6.07) is 7.44. The van der Waals surface area contributed by atoms with Gasteiger partial charge in [-0.25, -0.2) is 4.79 Å². The van der Waals surface area contributed by atoms with Gasteiger partial charge in [-0.15, -0.1) is 11.8 Å². The number of methoxy groups -OCH3 is 1. The molecule has 0 bridgehead atoms. The van der Waals surface area contributed by atoms with Gasteiger partial charge in [-0.1, -0.05) is 18.2 Å². The van der Waals surface area contributed by atoms with Crippen molar-refractivity contribution in [3.63, 3.8) is 0 Å². The Kier molecular flexibility index (Phi) is 5.84. The minimum absolute atomic E-state index is 0.296. The van der Waals surface area contributed by atoms with Crippen LogP contribution in [0.15, 0.2) is 24.3 Å². The number of carbonyl (C=O) groups excluding carboxylic acids is 1. The summed E-state index contributed by atoms with van der Waals surface area (Å²) in [5.41, 5.74) is 1.56. The van der Waals surface area contributed by atoms with Gasteiger partial charge in [0.15, 0.2) is 0 Å². The predicted octanol–water partition coefficient (Wildman–Crippen LogP) is 1.98. The SMILES string of the molecule is CC#CCCNCc1ccccc1C(=O)OC. The van der Waals surface area contributed by atoms with Crippen molar-refractivity contribution in [2.24, 2.45) is 0 Å². The summed E-state index contributed by atoms with van der Waals surface area (Å²) in [5.74, 6) is 5.52. The minimum atomic E-state index is -0.296. The summed E-state index contributed by atoms with van der Waals surface area (Å²) in [4.78, 5) is 11.5. The van der Waals surface area contributed by atoms with Gasteiger partial charge < -0.3 is 10.1 Å². The van der Waals surface area contributed by atoms with Crippen LogP contribution in [0.4, 0.5) is 0 Å². The lowest BCUT2D eigenvalue weighted by Gasteiger charge is -2.08. The quantitative estimate of drug-likeness (QED) is 0.478. The van der Waals surface area contributed by atoms with Gasteiger partial charge >= 0.3 is 5.97 Å². The monoisotopic (exact) mass is 231 g/mol. The van der Waals surface area contributed by atoms with Crippen molar-refractivity contribution in [3.05, 3.63) is 35.4 Å². The maximum Gasteiger partial charge on any atom is 0.338 e. The summed E-state index contributed by atoms with van der Waals surface area (Å²) in [6.07, 6.45) is 0.816. The Morgan fingerprint density at radius 2 is 2.18 bits per heavy atom. The summed E-state index contributed by atoms with van der Waals surface area (Å²) >= 11 is 0. The molecule has 1 N–H and O–H groups in total. The molecule has 0 aliphatic rings. The molecule has 0 fully saturated rings. The molecule has 0 amide bonds. The van der Waals surface area contributed by atoms with E-state index < -0.39 is 0 Å². The van der Waals surface area contributed by atoms with Crippen LogP contribution in [0.5, 0.6) is 0 Å². The van der Waals surface area contributed by atoms with E-state index in [2.05, 4.69) is 17.2 Å². The largest absolute Gasteiger partial charge is 0.465 e. The van der Waals surface area contributed by atoms with Crippen LogP contribution in [-0.2, 0) is 11.3 Å². The Hall–Kier alpha value is -1.79. The number of nitrogens with one attached hydrogen (secondary N) is 1. The van der Waals surface area contributed by atoms with E-state index in [1.54, 1.807) is 6.07 Å². The van der Waals surface area contributed by atoms with Crippen molar-refractivity contribution < 1.29 is 9.53 Å². The highest BCUT2D eigenvalue weighted by molar-refractivity contribution is 5.90. The van der Waals surface area contributed by atoms with E-state index in [1.807, 2.05) is 25.1 Å². The highest BCUT2D eigenvalue weighted by atomic mass is 16.5. The third kappa shape index (κ3) is 4.29. The van der Waals surface area contributed by atoms with Crippen LogP contribution in [0.1, 0.15) is 29.3 Å². The number of hydrogen-bond acceptors (Lipinski definition) is 3. The molecule has 0 aliphatic carbocycles. The second kappa shape index (κ2) is 7.48. The van der Waals surface area contributed by atoms with Crippen molar-refractivity contribution in [1.29, 1.82) is 0 Å². The molecule has 0 atom stereocenters. The molecule has 17 heavy (non-hydrogen) atoms. The van der Waals surface area contributed by atoms with Crippen molar-refractivity contribution in [1.82, 2.24) is 5.32 Å². The minimum Gasteiger partial charge on any atom is -0.465 e. The average molecular weight is 231 g/mol. The Balaban J connectivity index is 2.57. The molecular weight excluding hydrogens is 214 g/mol. The molecular formula is C14H17NO2. The first-order chi connectivity index (χ1) is 8.29. The number of benzene rings is 1. The van der Waals surface area contributed by atoms with Crippen molar-refractivity contribution in [3.8, 4) is 11.8 Å². The Bertz CT molecular complexity index is 429. The third-order valence-corrected chi connectivity index (χ3v) is 2.34. The van der Waals surface area contributed by atoms with Crippen molar-refractivity contribution in [2.75, 3.05) is 13.7 Å². The number of ether oxygens (including phenoxy) is 1. The molecule has 0 unspecified atom stereocenters. The first-order valence-corrected chi connectivity index (χ1v) is 5.56. The fourth-order valence-corrected chi connectivity index (χ4v) is 1.48.